The topological polar surface area (TPSA) is 91.7 Å². The predicted molar refractivity (Wildman–Crippen MR) is 109 cm³/mol. The fraction of sp³-hybridized carbons (Fsp3) is 0.190. The van der Waals surface area contributed by atoms with Gasteiger partial charge >= 0.3 is 0 Å². The average Bonchev–Trinajstić information content (AvgIpc) is 2.75. The third-order valence-corrected chi connectivity index (χ3v) is 4.18. The molecule has 0 aliphatic rings. The van der Waals surface area contributed by atoms with E-state index in [1.54, 1.807) is 43.5 Å². The maximum atomic E-state index is 12.5. The van der Waals surface area contributed by atoms with Gasteiger partial charge in [-0.05, 0) is 30.3 Å². The molecule has 2 aromatic carbocycles. The number of carbonyl (C=O) groups is 1. The average molecular weight is 395 g/mol. The van der Waals surface area contributed by atoms with Gasteiger partial charge in [0.05, 0.1) is 27.0 Å². The van der Waals surface area contributed by atoms with Crippen molar-refractivity contribution >= 4 is 11.6 Å². The molecule has 1 N–H and O–H groups in total. The Morgan fingerprint density at radius 1 is 0.897 bits per heavy atom. The second-order valence-corrected chi connectivity index (χ2v) is 6.09. The van der Waals surface area contributed by atoms with E-state index < -0.39 is 5.91 Å². The van der Waals surface area contributed by atoms with Crippen LogP contribution in [0, 0.1) is 0 Å². The Kier molecular flexibility index (Phi) is 6.13. The van der Waals surface area contributed by atoms with E-state index >= 15 is 0 Å². The Labute approximate surface area is 167 Å². The van der Waals surface area contributed by atoms with E-state index in [0.29, 0.717) is 22.9 Å². The van der Waals surface area contributed by atoms with E-state index in [9.17, 15) is 9.59 Å². The van der Waals surface area contributed by atoms with Gasteiger partial charge in [0.2, 0.25) is 5.91 Å². The normalized spacial score (nSPS) is 10.3. The molecule has 3 rings (SSSR count). The Bertz CT molecular complexity index is 1040. The molecule has 3 aromatic rings. The lowest BCUT2D eigenvalue weighted by atomic mass is 10.1. The van der Waals surface area contributed by atoms with Gasteiger partial charge in [0.1, 0.15) is 23.8 Å². The van der Waals surface area contributed by atoms with Crippen LogP contribution in [0.4, 0.5) is 5.69 Å². The summed E-state index contributed by atoms with van der Waals surface area (Å²) in [5.74, 6) is 1.39. The fourth-order valence-corrected chi connectivity index (χ4v) is 2.69. The van der Waals surface area contributed by atoms with Gasteiger partial charge in [-0.3, -0.25) is 9.59 Å². The standard InChI is InChI=1S/C21H21N3O5/c1-27-16-6-4-14(5-7-16)19-8-9-21(26)24(23-19)13-20(25)22-15-10-17(28-2)12-18(11-15)29-3/h4-12H,13H2,1-3H3,(H,22,25). The lowest BCUT2D eigenvalue weighted by Gasteiger charge is -2.11. The highest BCUT2D eigenvalue weighted by atomic mass is 16.5. The molecule has 0 radical (unpaired) electrons. The number of nitrogens with one attached hydrogen (secondary N) is 1. The highest BCUT2D eigenvalue weighted by Crippen LogP contribution is 2.25. The molecule has 29 heavy (non-hydrogen) atoms. The molecule has 0 saturated carbocycles. The lowest BCUT2D eigenvalue weighted by molar-refractivity contribution is -0.117. The molecule has 0 unspecified atom stereocenters. The van der Waals surface area contributed by atoms with E-state index in [-0.39, 0.29) is 12.1 Å². The van der Waals surface area contributed by atoms with Crippen LogP contribution in [0.15, 0.2) is 59.4 Å². The van der Waals surface area contributed by atoms with Crippen LogP contribution in [0.3, 0.4) is 0 Å². The molecule has 0 spiro atoms. The van der Waals surface area contributed by atoms with E-state index in [4.69, 9.17) is 14.2 Å². The summed E-state index contributed by atoms with van der Waals surface area (Å²) >= 11 is 0. The number of nitrogens with zero attached hydrogens (tertiary/aromatic N) is 2. The minimum atomic E-state index is -0.401. The molecular weight excluding hydrogens is 374 g/mol. The summed E-state index contributed by atoms with van der Waals surface area (Å²) in [6.45, 7) is -0.234. The Hall–Kier alpha value is -3.81. The zero-order valence-corrected chi connectivity index (χ0v) is 16.3. The Morgan fingerprint density at radius 3 is 2.10 bits per heavy atom. The van der Waals surface area contributed by atoms with Crippen molar-refractivity contribution in [2.45, 2.75) is 6.54 Å². The highest BCUT2D eigenvalue weighted by Gasteiger charge is 2.10. The highest BCUT2D eigenvalue weighted by molar-refractivity contribution is 5.91. The fourth-order valence-electron chi connectivity index (χ4n) is 2.69. The van der Waals surface area contributed by atoms with Gasteiger partial charge in [-0.2, -0.15) is 5.10 Å². The van der Waals surface area contributed by atoms with Crippen molar-refractivity contribution in [1.82, 2.24) is 9.78 Å². The maximum Gasteiger partial charge on any atom is 0.267 e. The zero-order chi connectivity index (χ0) is 20.8. The molecule has 0 fully saturated rings. The second-order valence-electron chi connectivity index (χ2n) is 6.09. The van der Waals surface area contributed by atoms with Crippen molar-refractivity contribution < 1.29 is 19.0 Å². The molecule has 150 valence electrons. The number of anilines is 1. The first-order valence-corrected chi connectivity index (χ1v) is 8.78. The lowest BCUT2D eigenvalue weighted by Crippen LogP contribution is -2.29. The molecule has 0 bridgehead atoms. The SMILES string of the molecule is COc1ccc(-c2ccc(=O)n(CC(=O)Nc3cc(OC)cc(OC)c3)n2)cc1. The van der Waals surface area contributed by atoms with Crippen LogP contribution in [0.5, 0.6) is 17.2 Å². The number of methoxy groups -OCH3 is 3. The quantitative estimate of drug-likeness (QED) is 0.661. The third-order valence-electron chi connectivity index (χ3n) is 4.18. The number of amides is 1. The minimum Gasteiger partial charge on any atom is -0.497 e. The van der Waals surface area contributed by atoms with Crippen LogP contribution >= 0.6 is 0 Å². The first-order valence-electron chi connectivity index (χ1n) is 8.78. The first kappa shape index (κ1) is 19.9. The molecule has 0 saturated heterocycles. The summed E-state index contributed by atoms with van der Waals surface area (Å²) in [5.41, 5.74) is 1.49. The number of hydrogen-bond donors (Lipinski definition) is 1. The number of rotatable bonds is 7. The summed E-state index contributed by atoms with van der Waals surface area (Å²) in [5, 5.41) is 7.03. The molecule has 1 amide bonds. The van der Waals surface area contributed by atoms with Crippen LogP contribution in [0.25, 0.3) is 11.3 Å². The van der Waals surface area contributed by atoms with Crippen molar-refractivity contribution in [3.8, 4) is 28.5 Å². The summed E-state index contributed by atoms with van der Waals surface area (Å²) in [4.78, 5) is 24.6. The number of hydrogen-bond acceptors (Lipinski definition) is 6. The Morgan fingerprint density at radius 2 is 1.52 bits per heavy atom. The number of benzene rings is 2. The van der Waals surface area contributed by atoms with Gasteiger partial charge in [-0.25, -0.2) is 4.68 Å². The van der Waals surface area contributed by atoms with Crippen LogP contribution < -0.4 is 25.1 Å². The third kappa shape index (κ3) is 4.92. The minimum absolute atomic E-state index is 0.234. The van der Waals surface area contributed by atoms with Crippen LogP contribution in [-0.2, 0) is 11.3 Å². The monoisotopic (exact) mass is 395 g/mol. The summed E-state index contributed by atoms with van der Waals surface area (Å²) < 4.78 is 16.6. The summed E-state index contributed by atoms with van der Waals surface area (Å²) in [6.07, 6.45) is 0. The van der Waals surface area contributed by atoms with E-state index in [1.165, 1.54) is 20.3 Å². The van der Waals surface area contributed by atoms with Crippen molar-refractivity contribution in [2.75, 3.05) is 26.6 Å². The summed E-state index contributed by atoms with van der Waals surface area (Å²) in [7, 11) is 4.63. The number of aromatic nitrogens is 2. The van der Waals surface area contributed by atoms with Crippen molar-refractivity contribution in [3.63, 3.8) is 0 Å². The van der Waals surface area contributed by atoms with E-state index in [2.05, 4.69) is 10.4 Å². The van der Waals surface area contributed by atoms with Gasteiger partial charge in [-0.15, -0.1) is 0 Å². The van der Waals surface area contributed by atoms with Crippen LogP contribution in [0.2, 0.25) is 0 Å². The molecule has 1 heterocycles. The molecular formula is C21H21N3O5. The van der Waals surface area contributed by atoms with Crippen molar-refractivity contribution in [2.24, 2.45) is 0 Å². The number of ether oxygens (including phenoxy) is 3. The molecule has 8 nitrogen and oxygen atoms in total. The van der Waals surface area contributed by atoms with Crippen LogP contribution in [0.1, 0.15) is 0 Å². The van der Waals surface area contributed by atoms with Gasteiger partial charge in [0.15, 0.2) is 0 Å². The maximum absolute atomic E-state index is 12.5. The van der Waals surface area contributed by atoms with Gasteiger partial charge < -0.3 is 19.5 Å². The van der Waals surface area contributed by atoms with Crippen molar-refractivity contribution in [3.05, 3.63) is 65.0 Å². The van der Waals surface area contributed by atoms with Gasteiger partial charge in [-0.1, -0.05) is 0 Å². The summed E-state index contributed by atoms with van der Waals surface area (Å²) in [6, 6.07) is 15.3. The molecule has 1 aromatic heterocycles. The Balaban J connectivity index is 1.79. The number of carbonyl (C=O) groups excluding carboxylic acids is 1. The van der Waals surface area contributed by atoms with E-state index in [0.717, 1.165) is 16.0 Å². The van der Waals surface area contributed by atoms with Crippen molar-refractivity contribution in [1.29, 1.82) is 0 Å². The largest absolute Gasteiger partial charge is 0.497 e. The molecule has 0 aliphatic carbocycles. The zero-order valence-electron chi connectivity index (χ0n) is 16.3. The smallest absolute Gasteiger partial charge is 0.267 e. The molecule has 0 atom stereocenters. The van der Waals surface area contributed by atoms with Gasteiger partial charge in [0, 0.05) is 35.5 Å². The first-order chi connectivity index (χ1) is 14.0. The van der Waals surface area contributed by atoms with E-state index in [1.807, 2.05) is 12.1 Å². The predicted octanol–water partition coefficient (Wildman–Crippen LogP) is 2.57. The van der Waals surface area contributed by atoms with Gasteiger partial charge in [0.25, 0.3) is 5.56 Å². The molecule has 0 aliphatic heterocycles. The van der Waals surface area contributed by atoms with Crippen LogP contribution in [-0.4, -0.2) is 37.0 Å². The molecule has 8 heteroatoms. The second kappa shape index (κ2) is 8.92.